The highest BCUT2D eigenvalue weighted by Crippen LogP contribution is 2.16. The minimum Gasteiger partial charge on any atom is -0.478 e. The third-order valence-electron chi connectivity index (χ3n) is 2.44. The van der Waals surface area contributed by atoms with Gasteiger partial charge < -0.3 is 15.2 Å². The van der Waals surface area contributed by atoms with Gasteiger partial charge >= 0.3 is 5.97 Å². The van der Waals surface area contributed by atoms with Crippen molar-refractivity contribution in [2.45, 2.75) is 12.8 Å². The highest BCUT2D eigenvalue weighted by molar-refractivity contribution is 5.91. The largest absolute Gasteiger partial charge is 0.478 e. The Balaban J connectivity index is 2.69. The predicted molar refractivity (Wildman–Crippen MR) is 72.8 cm³/mol. The number of anilines is 1. The molecular weight excluding hydrogens is 265 g/mol. The normalized spacial score (nSPS) is 10.7. The van der Waals surface area contributed by atoms with Crippen molar-refractivity contribution in [3.05, 3.63) is 35.7 Å². The van der Waals surface area contributed by atoms with Crippen LogP contribution in [0.1, 0.15) is 18.4 Å². The Bertz CT molecular complexity index is 514. The van der Waals surface area contributed by atoms with Crippen molar-refractivity contribution >= 4 is 23.6 Å². The average molecular weight is 281 g/mol. The molecule has 1 rings (SSSR count). The molecule has 0 atom stereocenters. The van der Waals surface area contributed by atoms with Gasteiger partial charge in [-0.3, -0.25) is 4.79 Å². The van der Waals surface area contributed by atoms with E-state index in [2.05, 4.69) is 5.32 Å². The molecule has 108 valence electrons. The monoisotopic (exact) mass is 281 g/mol. The number of rotatable bonds is 7. The first-order valence-corrected chi connectivity index (χ1v) is 6.02. The first-order valence-electron chi connectivity index (χ1n) is 6.02. The van der Waals surface area contributed by atoms with Gasteiger partial charge in [-0.05, 0) is 30.7 Å². The van der Waals surface area contributed by atoms with Crippen LogP contribution in [0.3, 0.4) is 0 Å². The van der Waals surface area contributed by atoms with E-state index in [4.69, 9.17) is 9.84 Å². The molecule has 2 N–H and O–H groups in total. The molecule has 1 aromatic carbocycles. The zero-order chi connectivity index (χ0) is 15.0. The van der Waals surface area contributed by atoms with Gasteiger partial charge in [0.25, 0.3) is 0 Å². The molecule has 0 radical (unpaired) electrons. The fourth-order valence-corrected chi connectivity index (χ4v) is 1.51. The molecule has 1 amide bonds. The molecule has 20 heavy (non-hydrogen) atoms. The number of amides is 1. The van der Waals surface area contributed by atoms with Gasteiger partial charge in [-0.2, -0.15) is 0 Å². The molecule has 0 unspecified atom stereocenters. The molecule has 0 fully saturated rings. The summed E-state index contributed by atoms with van der Waals surface area (Å²) in [6.45, 7) is 0.490. The highest BCUT2D eigenvalue weighted by atomic mass is 19.1. The second-order valence-electron chi connectivity index (χ2n) is 4.05. The molecule has 0 aliphatic heterocycles. The fraction of sp³-hybridized carbons (Fsp3) is 0.286. The van der Waals surface area contributed by atoms with Crippen LogP contribution in [-0.4, -0.2) is 30.7 Å². The maximum Gasteiger partial charge on any atom is 0.328 e. The van der Waals surface area contributed by atoms with Gasteiger partial charge in [0.2, 0.25) is 5.91 Å². The van der Waals surface area contributed by atoms with Gasteiger partial charge in [0.1, 0.15) is 5.82 Å². The summed E-state index contributed by atoms with van der Waals surface area (Å²) < 4.78 is 18.3. The zero-order valence-electron chi connectivity index (χ0n) is 11.1. The number of benzene rings is 1. The highest BCUT2D eigenvalue weighted by Gasteiger charge is 2.05. The molecule has 0 aliphatic carbocycles. The van der Waals surface area contributed by atoms with Crippen LogP contribution in [0, 0.1) is 5.82 Å². The van der Waals surface area contributed by atoms with Crippen molar-refractivity contribution in [1.82, 2.24) is 0 Å². The second kappa shape index (κ2) is 8.06. The average Bonchev–Trinajstić information content (AvgIpc) is 2.39. The van der Waals surface area contributed by atoms with Crippen LogP contribution in [-0.2, 0) is 14.3 Å². The SMILES string of the molecule is COCCCC(=O)Nc1ccc(F)c(/C=C/C(=O)O)c1. The number of methoxy groups -OCH3 is 1. The van der Waals surface area contributed by atoms with Crippen LogP contribution in [0.4, 0.5) is 10.1 Å². The molecule has 5 nitrogen and oxygen atoms in total. The van der Waals surface area contributed by atoms with Crippen LogP contribution in [0.2, 0.25) is 0 Å². The maximum atomic E-state index is 13.4. The van der Waals surface area contributed by atoms with Gasteiger partial charge in [0.05, 0.1) is 0 Å². The number of hydrogen-bond acceptors (Lipinski definition) is 3. The van der Waals surface area contributed by atoms with Crippen LogP contribution in [0.25, 0.3) is 6.08 Å². The number of halogens is 1. The van der Waals surface area contributed by atoms with Crippen LogP contribution < -0.4 is 5.32 Å². The standard InChI is InChI=1S/C14H16FNO4/c1-20-8-2-3-13(17)16-11-5-6-12(15)10(9-11)4-7-14(18)19/h4-7,9H,2-3,8H2,1H3,(H,16,17)(H,18,19)/b7-4+. The molecule has 0 saturated heterocycles. The Morgan fingerprint density at radius 3 is 2.85 bits per heavy atom. The van der Waals surface area contributed by atoms with Gasteiger partial charge in [-0.25, -0.2) is 9.18 Å². The summed E-state index contributed by atoms with van der Waals surface area (Å²) >= 11 is 0. The lowest BCUT2D eigenvalue weighted by Gasteiger charge is -2.06. The van der Waals surface area contributed by atoms with Crippen molar-refractivity contribution in [1.29, 1.82) is 0 Å². The summed E-state index contributed by atoms with van der Waals surface area (Å²) in [5, 5.41) is 11.1. The third-order valence-corrected chi connectivity index (χ3v) is 2.44. The number of carboxylic acid groups (broad SMARTS) is 1. The third kappa shape index (κ3) is 5.62. The van der Waals surface area contributed by atoms with E-state index in [9.17, 15) is 14.0 Å². The van der Waals surface area contributed by atoms with Gasteiger partial charge in [0, 0.05) is 37.5 Å². The maximum absolute atomic E-state index is 13.4. The number of carbonyl (C=O) groups is 2. The predicted octanol–water partition coefficient (Wildman–Crippen LogP) is 2.29. The molecule has 0 saturated carbocycles. The molecule has 0 aromatic heterocycles. The first-order chi connectivity index (χ1) is 9.52. The molecule has 0 aliphatic rings. The topological polar surface area (TPSA) is 75.6 Å². The van der Waals surface area contributed by atoms with E-state index in [1.54, 1.807) is 7.11 Å². The molecular formula is C14H16FNO4. The minimum absolute atomic E-state index is 0.0992. The zero-order valence-corrected chi connectivity index (χ0v) is 11.1. The summed E-state index contributed by atoms with van der Waals surface area (Å²) in [5.41, 5.74) is 0.515. The van der Waals surface area contributed by atoms with E-state index in [0.29, 0.717) is 25.1 Å². The van der Waals surface area contributed by atoms with Crippen molar-refractivity contribution in [2.75, 3.05) is 19.0 Å². The molecule has 0 heterocycles. The minimum atomic E-state index is -1.17. The van der Waals surface area contributed by atoms with E-state index < -0.39 is 11.8 Å². The Hall–Kier alpha value is -2.21. The summed E-state index contributed by atoms with van der Waals surface area (Å²) in [6, 6.07) is 3.97. The van der Waals surface area contributed by atoms with E-state index in [-0.39, 0.29) is 11.5 Å². The van der Waals surface area contributed by atoms with Crippen molar-refractivity contribution in [3.8, 4) is 0 Å². The summed E-state index contributed by atoms with van der Waals surface area (Å²) in [7, 11) is 1.55. The summed E-state index contributed by atoms with van der Waals surface area (Å²) in [6.07, 6.45) is 2.86. The number of hydrogen-bond donors (Lipinski definition) is 2. The smallest absolute Gasteiger partial charge is 0.328 e. The quantitative estimate of drug-likeness (QED) is 0.594. The molecule has 0 spiro atoms. The molecule has 6 heteroatoms. The van der Waals surface area contributed by atoms with Gasteiger partial charge in [-0.1, -0.05) is 0 Å². The second-order valence-corrected chi connectivity index (χ2v) is 4.05. The van der Waals surface area contributed by atoms with Gasteiger partial charge in [-0.15, -0.1) is 0 Å². The number of nitrogens with one attached hydrogen (secondary N) is 1. The number of aliphatic carboxylic acids is 1. The lowest BCUT2D eigenvalue weighted by Crippen LogP contribution is -2.12. The van der Waals surface area contributed by atoms with E-state index in [1.165, 1.54) is 18.2 Å². The molecule has 1 aromatic rings. The lowest BCUT2D eigenvalue weighted by atomic mass is 10.1. The Morgan fingerprint density at radius 1 is 1.45 bits per heavy atom. The Kier molecular flexibility index (Phi) is 6.39. The van der Waals surface area contributed by atoms with Crippen LogP contribution in [0.5, 0.6) is 0 Å². The first kappa shape index (κ1) is 15.8. The van der Waals surface area contributed by atoms with Crippen molar-refractivity contribution in [3.63, 3.8) is 0 Å². The Labute approximate surface area is 116 Å². The van der Waals surface area contributed by atoms with E-state index in [1.807, 2.05) is 0 Å². The van der Waals surface area contributed by atoms with E-state index >= 15 is 0 Å². The lowest BCUT2D eigenvalue weighted by molar-refractivity contribution is -0.131. The van der Waals surface area contributed by atoms with Crippen LogP contribution in [0.15, 0.2) is 24.3 Å². The number of ether oxygens (including phenoxy) is 1. The van der Waals surface area contributed by atoms with Gasteiger partial charge in [0.15, 0.2) is 0 Å². The van der Waals surface area contributed by atoms with Crippen molar-refractivity contribution < 1.29 is 23.8 Å². The number of carbonyl (C=O) groups excluding carboxylic acids is 1. The number of carboxylic acids is 1. The van der Waals surface area contributed by atoms with E-state index in [0.717, 1.165) is 12.2 Å². The Morgan fingerprint density at radius 2 is 2.20 bits per heavy atom. The van der Waals surface area contributed by atoms with Crippen molar-refractivity contribution in [2.24, 2.45) is 0 Å². The fourth-order valence-electron chi connectivity index (χ4n) is 1.51. The summed E-state index contributed by atoms with van der Waals surface area (Å²) in [4.78, 5) is 22.0. The summed E-state index contributed by atoms with van der Waals surface area (Å²) in [5.74, 6) is -1.93. The molecule has 0 bridgehead atoms. The van der Waals surface area contributed by atoms with Crippen LogP contribution >= 0.6 is 0 Å².